The van der Waals surface area contributed by atoms with Crippen molar-refractivity contribution in [1.29, 1.82) is 0 Å². The highest BCUT2D eigenvalue weighted by atomic mass is 16.5. The molecular weight excluding hydrogens is 416 g/mol. The highest BCUT2D eigenvalue weighted by molar-refractivity contribution is 5.96. The summed E-state index contributed by atoms with van der Waals surface area (Å²) in [4.78, 5) is 39.1. The molecule has 1 fully saturated rings. The van der Waals surface area contributed by atoms with Crippen molar-refractivity contribution in [3.8, 4) is 5.75 Å². The molecule has 2 aromatic rings. The number of methoxy groups -OCH3 is 1. The van der Waals surface area contributed by atoms with Crippen molar-refractivity contribution in [1.82, 2.24) is 5.32 Å². The van der Waals surface area contributed by atoms with Gasteiger partial charge in [0.1, 0.15) is 11.5 Å². The van der Waals surface area contributed by atoms with Crippen LogP contribution in [0.4, 0.5) is 0 Å². The highest BCUT2D eigenvalue weighted by Gasteiger charge is 2.48. The summed E-state index contributed by atoms with van der Waals surface area (Å²) in [5.41, 5.74) is 7.30. The maximum absolute atomic E-state index is 13.4. The predicted octanol–water partition coefficient (Wildman–Crippen LogP) is 3.26. The summed E-state index contributed by atoms with van der Waals surface area (Å²) in [6, 6.07) is 15.8. The number of nitrogens with one attached hydrogen (secondary N) is 1. The van der Waals surface area contributed by atoms with Crippen LogP contribution in [0.5, 0.6) is 5.75 Å². The van der Waals surface area contributed by atoms with Crippen molar-refractivity contribution in [3.05, 3.63) is 65.7 Å². The summed E-state index contributed by atoms with van der Waals surface area (Å²) in [6.07, 6.45) is 2.51. The van der Waals surface area contributed by atoms with E-state index in [-0.39, 0.29) is 29.3 Å². The molecule has 33 heavy (non-hydrogen) atoms. The standard InChI is InChI=1S/C27H34N2O4/c1-18(28)24(30)17-21(15-20-9-11-22(33-3)12-10-20)26(32)29-23(25(31)27(2)13-14-27)16-19-7-5-4-6-8-19/h4-12,18,21,23H,13-17,28H2,1-3H3,(H,29,32)/t18-,21+,23-/m0/s1. The molecule has 0 aliphatic heterocycles. The summed E-state index contributed by atoms with van der Waals surface area (Å²) in [6.45, 7) is 3.58. The minimum atomic E-state index is -0.650. The Morgan fingerprint density at radius 2 is 1.61 bits per heavy atom. The first kappa shape index (κ1) is 24.6. The lowest BCUT2D eigenvalue weighted by molar-refractivity contribution is -0.133. The van der Waals surface area contributed by atoms with E-state index < -0.39 is 18.0 Å². The van der Waals surface area contributed by atoms with Crippen LogP contribution in [-0.2, 0) is 27.2 Å². The molecule has 1 saturated carbocycles. The summed E-state index contributed by atoms with van der Waals surface area (Å²) >= 11 is 0. The Kier molecular flexibility index (Phi) is 8.03. The average molecular weight is 451 g/mol. The predicted molar refractivity (Wildman–Crippen MR) is 128 cm³/mol. The first-order valence-electron chi connectivity index (χ1n) is 11.5. The average Bonchev–Trinajstić information content (AvgIpc) is 3.57. The van der Waals surface area contributed by atoms with Gasteiger partial charge in [0.25, 0.3) is 0 Å². The van der Waals surface area contributed by atoms with Crippen LogP contribution in [0.3, 0.4) is 0 Å². The first-order chi connectivity index (χ1) is 15.7. The fraction of sp³-hybridized carbons (Fsp3) is 0.444. The van der Waals surface area contributed by atoms with Gasteiger partial charge in [-0.3, -0.25) is 14.4 Å². The van der Waals surface area contributed by atoms with Crippen LogP contribution < -0.4 is 15.8 Å². The lowest BCUT2D eigenvalue weighted by Gasteiger charge is -2.24. The van der Waals surface area contributed by atoms with Gasteiger partial charge in [-0.25, -0.2) is 0 Å². The normalized spacial score (nSPS) is 16.8. The number of carbonyl (C=O) groups excluding carboxylic acids is 3. The molecule has 6 heteroatoms. The fourth-order valence-corrected chi connectivity index (χ4v) is 3.94. The number of rotatable bonds is 12. The Morgan fingerprint density at radius 3 is 2.15 bits per heavy atom. The molecular formula is C27H34N2O4. The second-order valence-electron chi connectivity index (χ2n) is 9.38. The van der Waals surface area contributed by atoms with Crippen LogP contribution in [0.15, 0.2) is 54.6 Å². The zero-order chi connectivity index (χ0) is 24.0. The lowest BCUT2D eigenvalue weighted by Crippen LogP contribution is -2.48. The van der Waals surface area contributed by atoms with Gasteiger partial charge in [0.15, 0.2) is 5.78 Å². The van der Waals surface area contributed by atoms with Gasteiger partial charge in [-0.15, -0.1) is 0 Å². The molecule has 176 valence electrons. The third-order valence-corrected chi connectivity index (χ3v) is 6.48. The van der Waals surface area contributed by atoms with E-state index >= 15 is 0 Å². The monoisotopic (exact) mass is 450 g/mol. The van der Waals surface area contributed by atoms with E-state index in [9.17, 15) is 14.4 Å². The van der Waals surface area contributed by atoms with Gasteiger partial charge in [0.2, 0.25) is 5.91 Å². The van der Waals surface area contributed by atoms with Crippen LogP contribution in [0.1, 0.15) is 44.2 Å². The molecule has 0 saturated heterocycles. The SMILES string of the molecule is COc1ccc(C[C@H](CC(=O)[C@H](C)N)C(=O)N[C@@H](Cc2ccccc2)C(=O)C2(C)CC2)cc1. The molecule has 0 spiro atoms. The summed E-state index contributed by atoms with van der Waals surface area (Å²) < 4.78 is 5.20. The molecule has 0 bridgehead atoms. The Morgan fingerprint density at radius 1 is 1.00 bits per heavy atom. The molecule has 2 aromatic carbocycles. The number of carbonyl (C=O) groups is 3. The van der Waals surface area contributed by atoms with Crippen molar-refractivity contribution >= 4 is 17.5 Å². The van der Waals surface area contributed by atoms with Crippen molar-refractivity contribution < 1.29 is 19.1 Å². The molecule has 0 radical (unpaired) electrons. The van der Waals surface area contributed by atoms with Gasteiger partial charge in [-0.2, -0.15) is 0 Å². The van der Waals surface area contributed by atoms with Crippen molar-refractivity contribution in [2.75, 3.05) is 7.11 Å². The number of ether oxygens (including phenoxy) is 1. The van der Waals surface area contributed by atoms with E-state index in [0.717, 1.165) is 29.7 Å². The number of benzene rings is 2. The van der Waals surface area contributed by atoms with Crippen molar-refractivity contribution in [2.45, 2.75) is 58.0 Å². The van der Waals surface area contributed by atoms with E-state index in [0.29, 0.717) is 12.8 Å². The van der Waals surface area contributed by atoms with Gasteiger partial charge in [-0.05, 0) is 55.9 Å². The minimum absolute atomic E-state index is 0.0268. The quantitative estimate of drug-likeness (QED) is 0.517. The van der Waals surface area contributed by atoms with Crippen LogP contribution in [0.2, 0.25) is 0 Å². The summed E-state index contributed by atoms with van der Waals surface area (Å²) in [5, 5.41) is 2.99. The number of hydrogen-bond donors (Lipinski definition) is 2. The molecule has 0 heterocycles. The van der Waals surface area contributed by atoms with Crippen molar-refractivity contribution in [3.63, 3.8) is 0 Å². The summed E-state index contributed by atoms with van der Waals surface area (Å²) in [7, 11) is 1.59. The van der Waals surface area contributed by atoms with Crippen LogP contribution in [0, 0.1) is 11.3 Å². The number of nitrogens with two attached hydrogens (primary N) is 1. The smallest absolute Gasteiger partial charge is 0.224 e. The molecule has 3 rings (SSSR count). The van der Waals surface area contributed by atoms with E-state index in [1.54, 1.807) is 14.0 Å². The maximum atomic E-state index is 13.4. The van der Waals surface area contributed by atoms with E-state index in [1.807, 2.05) is 61.5 Å². The Labute approximate surface area is 195 Å². The van der Waals surface area contributed by atoms with Gasteiger partial charge in [-0.1, -0.05) is 49.4 Å². The van der Waals surface area contributed by atoms with E-state index in [1.165, 1.54) is 0 Å². The van der Waals surface area contributed by atoms with E-state index in [2.05, 4.69) is 5.32 Å². The third kappa shape index (κ3) is 6.75. The molecule has 1 aliphatic rings. The first-order valence-corrected chi connectivity index (χ1v) is 11.5. The molecule has 0 aromatic heterocycles. The highest BCUT2D eigenvalue weighted by Crippen LogP contribution is 2.46. The zero-order valence-electron chi connectivity index (χ0n) is 19.7. The lowest BCUT2D eigenvalue weighted by atomic mass is 9.89. The van der Waals surface area contributed by atoms with Crippen LogP contribution >= 0.6 is 0 Å². The Hall–Kier alpha value is -2.99. The molecule has 1 aliphatic carbocycles. The zero-order valence-corrected chi connectivity index (χ0v) is 19.7. The number of amides is 1. The Balaban J connectivity index is 1.79. The number of ketones is 2. The van der Waals surface area contributed by atoms with E-state index in [4.69, 9.17) is 10.5 Å². The second kappa shape index (κ2) is 10.8. The van der Waals surface area contributed by atoms with Crippen LogP contribution in [0.25, 0.3) is 0 Å². The van der Waals surface area contributed by atoms with Crippen LogP contribution in [-0.4, -0.2) is 36.7 Å². The Bertz CT molecular complexity index is 965. The second-order valence-corrected chi connectivity index (χ2v) is 9.38. The fourth-order valence-electron chi connectivity index (χ4n) is 3.94. The topological polar surface area (TPSA) is 98.5 Å². The molecule has 6 nitrogen and oxygen atoms in total. The number of Topliss-reactive ketones (excluding diaryl/α,β-unsaturated/α-hetero) is 2. The van der Waals surface area contributed by atoms with Gasteiger partial charge < -0.3 is 15.8 Å². The largest absolute Gasteiger partial charge is 0.497 e. The minimum Gasteiger partial charge on any atom is -0.497 e. The van der Waals surface area contributed by atoms with Gasteiger partial charge >= 0.3 is 0 Å². The maximum Gasteiger partial charge on any atom is 0.224 e. The molecule has 3 atom stereocenters. The third-order valence-electron chi connectivity index (χ3n) is 6.48. The van der Waals surface area contributed by atoms with Gasteiger partial charge in [0.05, 0.1) is 19.2 Å². The number of hydrogen-bond acceptors (Lipinski definition) is 5. The molecule has 1 amide bonds. The molecule has 0 unspecified atom stereocenters. The summed E-state index contributed by atoms with van der Waals surface area (Å²) in [5.74, 6) is -0.309. The van der Waals surface area contributed by atoms with Crippen molar-refractivity contribution in [2.24, 2.45) is 17.1 Å². The molecule has 3 N–H and O–H groups in total. The van der Waals surface area contributed by atoms with Gasteiger partial charge in [0, 0.05) is 17.8 Å².